The van der Waals surface area contributed by atoms with Gasteiger partial charge in [0.05, 0.1) is 23.1 Å². The lowest BCUT2D eigenvalue weighted by molar-refractivity contribution is -0.385. The van der Waals surface area contributed by atoms with E-state index in [1.54, 1.807) is 6.07 Å². The fourth-order valence-corrected chi connectivity index (χ4v) is 2.84. The van der Waals surface area contributed by atoms with Crippen molar-refractivity contribution in [1.82, 2.24) is 0 Å². The number of para-hydroxylation sites is 1. The third-order valence-electron chi connectivity index (χ3n) is 4.13. The Balaban J connectivity index is 1.87. The third kappa shape index (κ3) is 4.01. The number of ether oxygens (including phenoxy) is 1. The molecule has 0 spiro atoms. The fourth-order valence-electron chi connectivity index (χ4n) is 2.84. The first-order valence-electron chi connectivity index (χ1n) is 8.13. The molecule has 1 saturated heterocycles. The van der Waals surface area contributed by atoms with E-state index >= 15 is 0 Å². The van der Waals surface area contributed by atoms with Crippen molar-refractivity contribution in [3.63, 3.8) is 0 Å². The van der Waals surface area contributed by atoms with E-state index < -0.39 is 15.8 Å². The molecule has 10 nitrogen and oxygen atoms in total. The van der Waals surface area contributed by atoms with Gasteiger partial charge in [0.1, 0.15) is 11.3 Å². The summed E-state index contributed by atoms with van der Waals surface area (Å²) < 4.78 is 5.25. The Kier molecular flexibility index (Phi) is 5.27. The summed E-state index contributed by atoms with van der Waals surface area (Å²) in [4.78, 5) is 35.6. The van der Waals surface area contributed by atoms with Gasteiger partial charge >= 0.3 is 0 Å². The van der Waals surface area contributed by atoms with E-state index in [-0.39, 0.29) is 22.6 Å². The average molecular weight is 372 g/mol. The van der Waals surface area contributed by atoms with Crippen LogP contribution < -0.4 is 10.2 Å². The Morgan fingerprint density at radius 2 is 1.67 bits per heavy atom. The highest BCUT2D eigenvalue weighted by Gasteiger charge is 2.24. The average Bonchev–Trinajstić information content (AvgIpc) is 2.68. The lowest BCUT2D eigenvalue weighted by Crippen LogP contribution is -2.36. The molecule has 0 bridgehead atoms. The number of nitro groups is 2. The van der Waals surface area contributed by atoms with Crippen molar-refractivity contribution in [2.45, 2.75) is 0 Å². The van der Waals surface area contributed by atoms with Gasteiger partial charge in [0.25, 0.3) is 17.3 Å². The highest BCUT2D eigenvalue weighted by Crippen LogP contribution is 2.32. The number of anilines is 2. The Morgan fingerprint density at radius 1 is 1.00 bits per heavy atom. The molecule has 1 N–H and O–H groups in total. The van der Waals surface area contributed by atoms with Crippen LogP contribution in [-0.2, 0) is 4.74 Å². The van der Waals surface area contributed by atoms with Gasteiger partial charge in [-0.1, -0.05) is 12.1 Å². The summed E-state index contributed by atoms with van der Waals surface area (Å²) in [6.07, 6.45) is 0. The smallest absolute Gasteiger partial charge is 0.294 e. The van der Waals surface area contributed by atoms with Crippen molar-refractivity contribution >= 4 is 28.7 Å². The number of nitrogens with zero attached hydrogens (tertiary/aromatic N) is 3. The molecule has 0 unspecified atom stereocenters. The molecule has 27 heavy (non-hydrogen) atoms. The normalized spacial score (nSPS) is 13.9. The van der Waals surface area contributed by atoms with Gasteiger partial charge in [-0.05, 0) is 18.2 Å². The minimum absolute atomic E-state index is 0.123. The van der Waals surface area contributed by atoms with Crippen molar-refractivity contribution in [2.24, 2.45) is 0 Å². The van der Waals surface area contributed by atoms with E-state index in [1.165, 1.54) is 36.4 Å². The van der Waals surface area contributed by atoms with Crippen LogP contribution >= 0.6 is 0 Å². The van der Waals surface area contributed by atoms with Crippen LogP contribution in [0.3, 0.4) is 0 Å². The maximum atomic E-state index is 12.4. The Morgan fingerprint density at radius 3 is 2.33 bits per heavy atom. The van der Waals surface area contributed by atoms with E-state index in [0.29, 0.717) is 32.0 Å². The summed E-state index contributed by atoms with van der Waals surface area (Å²) in [5.74, 6) is -0.712. The Labute approximate surface area is 153 Å². The first-order valence-corrected chi connectivity index (χ1v) is 8.13. The maximum absolute atomic E-state index is 12.4. The van der Waals surface area contributed by atoms with Gasteiger partial charge < -0.3 is 15.0 Å². The number of nitrogens with one attached hydrogen (secondary N) is 1. The number of nitro benzene ring substituents is 2. The lowest BCUT2D eigenvalue weighted by atomic mass is 10.1. The quantitative estimate of drug-likeness (QED) is 0.631. The van der Waals surface area contributed by atoms with E-state index in [2.05, 4.69) is 5.32 Å². The zero-order chi connectivity index (χ0) is 19.4. The van der Waals surface area contributed by atoms with Gasteiger partial charge in [-0.3, -0.25) is 25.0 Å². The van der Waals surface area contributed by atoms with Gasteiger partial charge in [-0.15, -0.1) is 0 Å². The molecule has 1 fully saturated rings. The summed E-state index contributed by atoms with van der Waals surface area (Å²) in [5.41, 5.74) is 0.00274. The van der Waals surface area contributed by atoms with Crippen LogP contribution in [0.5, 0.6) is 0 Å². The minimum atomic E-state index is -0.712. The summed E-state index contributed by atoms with van der Waals surface area (Å²) in [6.45, 7) is 2.02. The predicted molar refractivity (Wildman–Crippen MR) is 97.2 cm³/mol. The summed E-state index contributed by atoms with van der Waals surface area (Å²) in [7, 11) is 0. The zero-order valence-electron chi connectivity index (χ0n) is 14.2. The number of carbonyl (C=O) groups is 1. The van der Waals surface area contributed by atoms with Crippen molar-refractivity contribution in [2.75, 3.05) is 36.5 Å². The molecule has 0 radical (unpaired) electrons. The molecule has 1 aliphatic rings. The summed E-state index contributed by atoms with van der Waals surface area (Å²) >= 11 is 0. The van der Waals surface area contributed by atoms with Crippen molar-refractivity contribution in [3.8, 4) is 0 Å². The standard InChI is InChI=1S/C17H16N4O6/c22-17(13-3-1-2-4-14(13)20(23)24)18-12-5-6-15(16(11-12)21(25)26)19-7-9-27-10-8-19/h1-6,11H,7-10H2,(H,18,22). The van der Waals surface area contributed by atoms with Crippen LogP contribution in [0, 0.1) is 20.2 Å². The number of benzene rings is 2. The molecule has 0 atom stereocenters. The highest BCUT2D eigenvalue weighted by atomic mass is 16.6. The second-order valence-electron chi connectivity index (χ2n) is 5.79. The molecule has 2 aromatic carbocycles. The lowest BCUT2D eigenvalue weighted by Gasteiger charge is -2.28. The molecule has 10 heteroatoms. The molecular weight excluding hydrogens is 356 g/mol. The summed E-state index contributed by atoms with van der Waals surface area (Å²) in [6, 6.07) is 9.84. The monoisotopic (exact) mass is 372 g/mol. The number of amides is 1. The van der Waals surface area contributed by atoms with Crippen molar-refractivity contribution in [3.05, 3.63) is 68.3 Å². The van der Waals surface area contributed by atoms with Gasteiger partial charge in [0, 0.05) is 30.9 Å². The Bertz CT molecular complexity index is 895. The molecule has 1 heterocycles. The maximum Gasteiger partial charge on any atom is 0.294 e. The van der Waals surface area contributed by atoms with Crippen LogP contribution in [0.15, 0.2) is 42.5 Å². The van der Waals surface area contributed by atoms with E-state index in [1.807, 2.05) is 4.90 Å². The zero-order valence-corrected chi connectivity index (χ0v) is 14.2. The van der Waals surface area contributed by atoms with Gasteiger partial charge in [0.2, 0.25) is 0 Å². The number of carbonyl (C=O) groups excluding carboxylic acids is 1. The van der Waals surface area contributed by atoms with Crippen LogP contribution in [0.25, 0.3) is 0 Å². The third-order valence-corrected chi connectivity index (χ3v) is 4.13. The SMILES string of the molecule is O=C(Nc1ccc(N2CCOCC2)c([N+](=O)[O-])c1)c1ccccc1[N+](=O)[O-]. The molecule has 3 rings (SSSR count). The first-order chi connectivity index (χ1) is 13.0. The second-order valence-corrected chi connectivity index (χ2v) is 5.79. The largest absolute Gasteiger partial charge is 0.378 e. The molecule has 1 aliphatic heterocycles. The van der Waals surface area contributed by atoms with Gasteiger partial charge in [0.15, 0.2) is 0 Å². The van der Waals surface area contributed by atoms with Gasteiger partial charge in [-0.2, -0.15) is 0 Å². The number of rotatable bonds is 5. The number of hydrogen-bond acceptors (Lipinski definition) is 7. The van der Waals surface area contributed by atoms with E-state index in [4.69, 9.17) is 4.74 Å². The molecule has 0 saturated carbocycles. The first kappa shape index (κ1) is 18.3. The molecule has 1 amide bonds. The van der Waals surface area contributed by atoms with Crippen LogP contribution in [0.1, 0.15) is 10.4 Å². The van der Waals surface area contributed by atoms with Crippen LogP contribution in [0.4, 0.5) is 22.7 Å². The van der Waals surface area contributed by atoms with Gasteiger partial charge in [-0.25, -0.2) is 0 Å². The predicted octanol–water partition coefficient (Wildman–Crippen LogP) is 2.59. The molecule has 0 aliphatic carbocycles. The Hall–Kier alpha value is -3.53. The molecule has 2 aromatic rings. The second kappa shape index (κ2) is 7.79. The molecular formula is C17H16N4O6. The van der Waals surface area contributed by atoms with E-state index in [0.717, 1.165) is 0 Å². The minimum Gasteiger partial charge on any atom is -0.378 e. The number of morpholine rings is 1. The van der Waals surface area contributed by atoms with E-state index in [9.17, 15) is 25.0 Å². The van der Waals surface area contributed by atoms with Crippen LogP contribution in [-0.4, -0.2) is 42.1 Å². The fraction of sp³-hybridized carbons (Fsp3) is 0.235. The van der Waals surface area contributed by atoms with Crippen molar-refractivity contribution in [1.29, 1.82) is 0 Å². The van der Waals surface area contributed by atoms with Crippen LogP contribution in [0.2, 0.25) is 0 Å². The molecule has 0 aromatic heterocycles. The number of hydrogen-bond donors (Lipinski definition) is 1. The highest BCUT2D eigenvalue weighted by molar-refractivity contribution is 6.07. The molecule has 140 valence electrons. The van der Waals surface area contributed by atoms with Crippen molar-refractivity contribution < 1.29 is 19.4 Å². The topological polar surface area (TPSA) is 128 Å². The summed E-state index contributed by atoms with van der Waals surface area (Å²) in [5, 5.41) is 25.0.